The lowest BCUT2D eigenvalue weighted by molar-refractivity contribution is -0.112. The second-order valence-electron chi connectivity index (χ2n) is 5.00. The molecule has 0 saturated carbocycles. The van der Waals surface area contributed by atoms with Crippen molar-refractivity contribution in [1.29, 1.82) is 5.26 Å². The SMILES string of the molecule is CSc1ccc(/C=C(/C#N)C(=O)Nc2ccccc2C(C)=O)cc1. The highest BCUT2D eigenvalue weighted by atomic mass is 32.2. The van der Waals surface area contributed by atoms with Gasteiger partial charge in [-0.15, -0.1) is 11.8 Å². The Morgan fingerprint density at radius 1 is 1.12 bits per heavy atom. The largest absolute Gasteiger partial charge is 0.321 e. The minimum absolute atomic E-state index is 0.0229. The van der Waals surface area contributed by atoms with Crippen LogP contribution in [0, 0.1) is 11.3 Å². The zero-order valence-corrected chi connectivity index (χ0v) is 14.2. The van der Waals surface area contributed by atoms with E-state index in [1.807, 2.05) is 36.6 Å². The van der Waals surface area contributed by atoms with Gasteiger partial charge in [-0.05, 0) is 49.1 Å². The fourth-order valence-corrected chi connectivity index (χ4v) is 2.51. The lowest BCUT2D eigenvalue weighted by Gasteiger charge is -2.08. The summed E-state index contributed by atoms with van der Waals surface area (Å²) >= 11 is 1.62. The lowest BCUT2D eigenvalue weighted by Crippen LogP contribution is -2.15. The Balaban J connectivity index is 2.25. The van der Waals surface area contributed by atoms with Crippen molar-refractivity contribution in [3.05, 3.63) is 65.2 Å². The van der Waals surface area contributed by atoms with E-state index in [2.05, 4.69) is 5.32 Å². The molecule has 0 radical (unpaired) electrons. The Bertz CT molecular complexity index is 833. The molecule has 2 rings (SSSR count). The number of nitrogens with one attached hydrogen (secondary N) is 1. The van der Waals surface area contributed by atoms with Crippen molar-refractivity contribution in [2.24, 2.45) is 0 Å². The topological polar surface area (TPSA) is 70.0 Å². The van der Waals surface area contributed by atoms with Crippen LogP contribution in [0.2, 0.25) is 0 Å². The van der Waals surface area contributed by atoms with Crippen molar-refractivity contribution < 1.29 is 9.59 Å². The van der Waals surface area contributed by atoms with Crippen LogP contribution >= 0.6 is 11.8 Å². The molecule has 0 aliphatic carbocycles. The van der Waals surface area contributed by atoms with Gasteiger partial charge in [0.05, 0.1) is 5.69 Å². The van der Waals surface area contributed by atoms with Gasteiger partial charge in [0.1, 0.15) is 11.6 Å². The molecule has 0 unspecified atom stereocenters. The molecule has 1 N–H and O–H groups in total. The van der Waals surface area contributed by atoms with Gasteiger partial charge in [0, 0.05) is 10.5 Å². The summed E-state index contributed by atoms with van der Waals surface area (Å²) in [7, 11) is 0. The number of carbonyl (C=O) groups is 2. The molecule has 5 heteroatoms. The highest BCUT2D eigenvalue weighted by molar-refractivity contribution is 7.98. The van der Waals surface area contributed by atoms with Crippen LogP contribution in [-0.4, -0.2) is 17.9 Å². The minimum Gasteiger partial charge on any atom is -0.321 e. The molecule has 2 aromatic carbocycles. The van der Waals surface area contributed by atoms with Crippen molar-refractivity contribution in [2.75, 3.05) is 11.6 Å². The summed E-state index contributed by atoms with van der Waals surface area (Å²) in [6, 6.07) is 16.2. The number of rotatable bonds is 5. The van der Waals surface area contributed by atoms with Crippen molar-refractivity contribution in [3.8, 4) is 6.07 Å². The monoisotopic (exact) mass is 336 g/mol. The summed E-state index contributed by atoms with van der Waals surface area (Å²) in [5.74, 6) is -0.693. The van der Waals surface area contributed by atoms with E-state index in [1.54, 1.807) is 36.0 Å². The fraction of sp³-hybridized carbons (Fsp3) is 0.105. The molecule has 0 saturated heterocycles. The first-order valence-corrected chi connectivity index (χ1v) is 8.45. The van der Waals surface area contributed by atoms with Gasteiger partial charge in [-0.25, -0.2) is 0 Å². The molecule has 0 aromatic heterocycles. The number of hydrogen-bond donors (Lipinski definition) is 1. The van der Waals surface area contributed by atoms with E-state index >= 15 is 0 Å². The van der Waals surface area contributed by atoms with E-state index in [0.717, 1.165) is 10.5 Å². The molecule has 24 heavy (non-hydrogen) atoms. The standard InChI is InChI=1S/C19H16N2O2S/c1-13(22)17-5-3-4-6-18(17)21-19(23)15(12-20)11-14-7-9-16(24-2)10-8-14/h3-11H,1-2H3,(H,21,23)/b15-11-. The Hall–Kier alpha value is -2.84. The van der Waals surface area contributed by atoms with E-state index in [9.17, 15) is 14.9 Å². The van der Waals surface area contributed by atoms with Crippen molar-refractivity contribution in [3.63, 3.8) is 0 Å². The summed E-state index contributed by atoms with van der Waals surface area (Å²) in [5.41, 5.74) is 1.55. The van der Waals surface area contributed by atoms with Crippen LogP contribution in [0.3, 0.4) is 0 Å². The summed E-state index contributed by atoms with van der Waals surface area (Å²) < 4.78 is 0. The number of thioether (sulfide) groups is 1. The minimum atomic E-state index is -0.542. The molecule has 0 spiro atoms. The number of amides is 1. The maximum absolute atomic E-state index is 12.3. The normalized spacial score (nSPS) is 10.8. The Morgan fingerprint density at radius 2 is 1.79 bits per heavy atom. The van der Waals surface area contributed by atoms with E-state index < -0.39 is 5.91 Å². The predicted octanol–water partition coefficient (Wildman–Crippen LogP) is 4.16. The van der Waals surface area contributed by atoms with Gasteiger partial charge in [0.15, 0.2) is 5.78 Å². The van der Waals surface area contributed by atoms with Crippen molar-refractivity contribution >= 4 is 35.2 Å². The Labute approximate surface area is 145 Å². The summed E-state index contributed by atoms with van der Waals surface area (Å²) in [5, 5.41) is 11.9. The van der Waals surface area contributed by atoms with Crippen LogP contribution in [0.25, 0.3) is 6.08 Å². The first kappa shape index (κ1) is 17.5. The lowest BCUT2D eigenvalue weighted by atomic mass is 10.1. The van der Waals surface area contributed by atoms with Gasteiger partial charge in [-0.2, -0.15) is 5.26 Å². The summed E-state index contributed by atoms with van der Waals surface area (Å²) in [4.78, 5) is 25.0. The van der Waals surface area contributed by atoms with Gasteiger partial charge in [-0.1, -0.05) is 24.3 Å². The van der Waals surface area contributed by atoms with E-state index in [0.29, 0.717) is 11.3 Å². The molecular formula is C19H16N2O2S. The quantitative estimate of drug-likeness (QED) is 0.385. The third-order valence-corrected chi connectivity index (χ3v) is 4.09. The molecule has 0 aliphatic heterocycles. The van der Waals surface area contributed by atoms with E-state index in [-0.39, 0.29) is 11.4 Å². The zero-order valence-electron chi connectivity index (χ0n) is 13.4. The molecule has 0 bridgehead atoms. The van der Waals surface area contributed by atoms with Crippen LogP contribution in [0.4, 0.5) is 5.69 Å². The number of benzene rings is 2. The number of carbonyl (C=O) groups excluding carboxylic acids is 2. The third kappa shape index (κ3) is 4.34. The maximum Gasteiger partial charge on any atom is 0.266 e. The Morgan fingerprint density at radius 3 is 2.38 bits per heavy atom. The summed E-state index contributed by atoms with van der Waals surface area (Å²) in [6.07, 6.45) is 3.50. The number of nitriles is 1. The molecule has 4 nitrogen and oxygen atoms in total. The number of nitrogens with zero attached hydrogens (tertiary/aromatic N) is 1. The van der Waals surface area contributed by atoms with E-state index in [1.165, 1.54) is 13.0 Å². The zero-order chi connectivity index (χ0) is 17.5. The first-order chi connectivity index (χ1) is 11.5. The molecule has 2 aromatic rings. The van der Waals surface area contributed by atoms with Gasteiger partial charge in [0.25, 0.3) is 5.91 Å². The second-order valence-corrected chi connectivity index (χ2v) is 5.88. The van der Waals surface area contributed by atoms with Crippen molar-refractivity contribution in [1.82, 2.24) is 0 Å². The molecular weight excluding hydrogens is 320 g/mol. The van der Waals surface area contributed by atoms with Gasteiger partial charge < -0.3 is 5.32 Å². The maximum atomic E-state index is 12.3. The number of anilines is 1. The average molecular weight is 336 g/mol. The number of para-hydroxylation sites is 1. The Kier molecular flexibility index (Phi) is 5.94. The first-order valence-electron chi connectivity index (χ1n) is 7.22. The van der Waals surface area contributed by atoms with Gasteiger partial charge in [-0.3, -0.25) is 9.59 Å². The van der Waals surface area contributed by atoms with Crippen LogP contribution < -0.4 is 5.32 Å². The highest BCUT2D eigenvalue weighted by Crippen LogP contribution is 2.19. The molecule has 0 atom stereocenters. The highest BCUT2D eigenvalue weighted by Gasteiger charge is 2.13. The van der Waals surface area contributed by atoms with Crippen LogP contribution in [0.15, 0.2) is 59.0 Å². The van der Waals surface area contributed by atoms with Gasteiger partial charge in [0.2, 0.25) is 0 Å². The van der Waals surface area contributed by atoms with Crippen LogP contribution in [0.1, 0.15) is 22.8 Å². The number of hydrogen-bond acceptors (Lipinski definition) is 4. The van der Waals surface area contributed by atoms with Crippen molar-refractivity contribution in [2.45, 2.75) is 11.8 Å². The molecule has 120 valence electrons. The molecule has 0 heterocycles. The number of Topliss-reactive ketones (excluding diaryl/α,β-unsaturated/α-hetero) is 1. The predicted molar refractivity (Wildman–Crippen MR) is 96.9 cm³/mol. The van der Waals surface area contributed by atoms with E-state index in [4.69, 9.17) is 0 Å². The molecule has 1 amide bonds. The van der Waals surface area contributed by atoms with Crippen LogP contribution in [0.5, 0.6) is 0 Å². The fourth-order valence-electron chi connectivity index (χ4n) is 2.10. The van der Waals surface area contributed by atoms with Gasteiger partial charge >= 0.3 is 0 Å². The third-order valence-electron chi connectivity index (χ3n) is 3.35. The van der Waals surface area contributed by atoms with Crippen LogP contribution in [-0.2, 0) is 4.79 Å². The number of ketones is 1. The smallest absolute Gasteiger partial charge is 0.266 e. The second kappa shape index (κ2) is 8.14. The summed E-state index contributed by atoms with van der Waals surface area (Å²) in [6.45, 7) is 1.43. The molecule has 0 aliphatic rings. The molecule has 0 fully saturated rings. The average Bonchev–Trinajstić information content (AvgIpc) is 2.60.